The second kappa shape index (κ2) is 14.1. The van der Waals surface area contributed by atoms with Gasteiger partial charge in [0.1, 0.15) is 5.82 Å². The van der Waals surface area contributed by atoms with Gasteiger partial charge in [0.25, 0.3) is 10.0 Å². The Morgan fingerprint density at radius 1 is 0.750 bits per heavy atom. The van der Waals surface area contributed by atoms with Crippen molar-refractivity contribution in [2.24, 2.45) is 0 Å². The van der Waals surface area contributed by atoms with Crippen LogP contribution in [0, 0.1) is 5.82 Å². The van der Waals surface area contributed by atoms with E-state index in [1.807, 2.05) is 18.2 Å². The largest absolute Gasteiger partial charge is 0.298 e. The summed E-state index contributed by atoms with van der Waals surface area (Å²) >= 11 is 0. The molecule has 0 unspecified atom stereocenters. The van der Waals surface area contributed by atoms with Crippen molar-refractivity contribution in [1.82, 2.24) is 4.90 Å². The van der Waals surface area contributed by atoms with Crippen molar-refractivity contribution in [3.63, 3.8) is 0 Å². The quantitative estimate of drug-likeness (QED) is 0.163. The molecule has 0 fully saturated rings. The fourth-order valence-electron chi connectivity index (χ4n) is 5.88. The second-order valence-electron chi connectivity index (χ2n) is 13.1. The third-order valence-electron chi connectivity index (χ3n) is 8.67. The smallest absolute Gasteiger partial charge is 0.261 e. The first kappa shape index (κ1) is 31.9. The van der Waals surface area contributed by atoms with E-state index in [2.05, 4.69) is 78.9 Å². The number of nitrogens with zero attached hydrogens (tertiary/aromatic N) is 1. The van der Waals surface area contributed by atoms with Crippen LogP contribution in [0.1, 0.15) is 73.4 Å². The van der Waals surface area contributed by atoms with Crippen LogP contribution in [-0.4, -0.2) is 26.4 Å². The van der Waals surface area contributed by atoms with Crippen LogP contribution in [0.25, 0.3) is 0 Å². The van der Waals surface area contributed by atoms with Crippen LogP contribution >= 0.6 is 0 Å². The molecule has 0 aliphatic carbocycles. The Morgan fingerprint density at radius 2 is 1.43 bits per heavy atom. The van der Waals surface area contributed by atoms with E-state index >= 15 is 0 Å². The molecule has 0 saturated carbocycles. The fourth-order valence-corrected chi connectivity index (χ4v) is 7.00. The molecule has 0 saturated heterocycles. The number of sulfonamides is 1. The molecule has 1 aliphatic heterocycles. The van der Waals surface area contributed by atoms with Crippen LogP contribution in [-0.2, 0) is 47.7 Å². The first-order chi connectivity index (χ1) is 21.1. The molecule has 0 bridgehead atoms. The van der Waals surface area contributed by atoms with E-state index in [0.717, 1.165) is 81.3 Å². The monoisotopic (exact) mass is 612 g/mol. The minimum atomic E-state index is -3.91. The van der Waals surface area contributed by atoms with E-state index in [0.29, 0.717) is 0 Å². The zero-order valence-corrected chi connectivity index (χ0v) is 27.1. The molecule has 1 N–H and O–H groups in total. The molecule has 0 amide bonds. The molecule has 0 radical (unpaired) electrons. The van der Waals surface area contributed by atoms with Crippen molar-refractivity contribution in [2.75, 3.05) is 17.8 Å². The van der Waals surface area contributed by atoms with Crippen molar-refractivity contribution >= 4 is 15.7 Å². The molecular weight excluding hydrogens is 567 g/mol. The van der Waals surface area contributed by atoms with Gasteiger partial charge in [-0.15, -0.1) is 0 Å². The van der Waals surface area contributed by atoms with Crippen LogP contribution in [0.5, 0.6) is 0 Å². The maximum Gasteiger partial charge on any atom is 0.261 e. The number of fused-ring (bicyclic) bond motifs is 1. The summed E-state index contributed by atoms with van der Waals surface area (Å²) in [4.78, 5) is 2.60. The zero-order valence-electron chi connectivity index (χ0n) is 26.3. The first-order valence-corrected chi connectivity index (χ1v) is 17.3. The molecule has 4 aromatic rings. The van der Waals surface area contributed by atoms with Gasteiger partial charge in [-0.3, -0.25) is 9.62 Å². The van der Waals surface area contributed by atoms with Gasteiger partial charge in [0.05, 0.1) is 10.6 Å². The Kier molecular flexibility index (Phi) is 10.2. The molecule has 4 aromatic carbocycles. The third-order valence-corrected chi connectivity index (χ3v) is 10.0. The topological polar surface area (TPSA) is 49.4 Å². The number of hydrogen-bond donors (Lipinski definition) is 1. The molecule has 1 aliphatic rings. The minimum absolute atomic E-state index is 0.0164. The average Bonchev–Trinajstić information content (AvgIpc) is 3.01. The highest BCUT2D eigenvalue weighted by molar-refractivity contribution is 7.92. The molecule has 4 nitrogen and oxygen atoms in total. The van der Waals surface area contributed by atoms with Crippen molar-refractivity contribution in [3.8, 4) is 0 Å². The first-order valence-electron chi connectivity index (χ1n) is 15.9. The SMILES string of the molecule is CC(C)(C)c1ccc(CCN2CCc3cc(S(=O)(=O)Nc4ccc(CCCCCc5ccccc5)cc4F)ccc3C2)cc1. The number of benzene rings is 4. The highest BCUT2D eigenvalue weighted by Gasteiger charge is 2.22. The zero-order chi connectivity index (χ0) is 31.2. The lowest BCUT2D eigenvalue weighted by molar-refractivity contribution is 0.257. The number of nitrogens with one attached hydrogen (secondary N) is 1. The summed E-state index contributed by atoms with van der Waals surface area (Å²) in [6.07, 6.45) is 6.70. The summed E-state index contributed by atoms with van der Waals surface area (Å²) in [7, 11) is -3.91. The summed E-state index contributed by atoms with van der Waals surface area (Å²) in [6.45, 7) is 9.32. The Labute approximate surface area is 263 Å². The lowest BCUT2D eigenvalue weighted by Gasteiger charge is -2.29. The van der Waals surface area contributed by atoms with E-state index in [4.69, 9.17) is 0 Å². The molecule has 44 heavy (non-hydrogen) atoms. The van der Waals surface area contributed by atoms with Gasteiger partial charge in [-0.1, -0.05) is 93.9 Å². The molecule has 0 aromatic heterocycles. The van der Waals surface area contributed by atoms with Crippen LogP contribution in [0.4, 0.5) is 10.1 Å². The van der Waals surface area contributed by atoms with Gasteiger partial charge in [0.2, 0.25) is 0 Å². The normalized spacial score (nSPS) is 13.9. The van der Waals surface area contributed by atoms with Gasteiger partial charge >= 0.3 is 0 Å². The minimum Gasteiger partial charge on any atom is -0.298 e. The van der Waals surface area contributed by atoms with Crippen molar-refractivity contribution < 1.29 is 12.8 Å². The average molecular weight is 613 g/mol. The second-order valence-corrected chi connectivity index (χ2v) is 14.8. The molecule has 0 spiro atoms. The molecule has 0 atom stereocenters. The van der Waals surface area contributed by atoms with Gasteiger partial charge in [0, 0.05) is 19.6 Å². The van der Waals surface area contributed by atoms with E-state index in [-0.39, 0.29) is 16.0 Å². The fraction of sp³-hybridized carbons (Fsp3) is 0.368. The predicted molar refractivity (Wildman–Crippen MR) is 179 cm³/mol. The molecule has 232 valence electrons. The number of unbranched alkanes of at least 4 members (excludes halogenated alkanes) is 2. The van der Waals surface area contributed by atoms with E-state index < -0.39 is 15.8 Å². The number of anilines is 1. The van der Waals surface area contributed by atoms with Gasteiger partial charge < -0.3 is 0 Å². The summed E-state index contributed by atoms with van der Waals surface area (Å²) in [5.74, 6) is -0.544. The van der Waals surface area contributed by atoms with Crippen molar-refractivity contribution in [2.45, 2.75) is 82.6 Å². The van der Waals surface area contributed by atoms with Crippen LogP contribution in [0.3, 0.4) is 0 Å². The standard InChI is InChI=1S/C38H45FN2O2S/c1-38(2,3)34-18-14-30(15-19-34)22-24-41-25-23-32-27-35(20-17-33(32)28-41)44(42,43)40-37-21-16-31(26-36(37)39)13-9-5-8-12-29-10-6-4-7-11-29/h4,6-7,10-11,14-21,26-27,40H,5,8-9,12-13,22-25,28H2,1-3H3. The number of rotatable bonds is 12. The Hall–Kier alpha value is -3.48. The summed E-state index contributed by atoms with van der Waals surface area (Å²) in [5, 5.41) is 0. The third kappa shape index (κ3) is 8.58. The maximum atomic E-state index is 14.9. The Bertz CT molecular complexity index is 1640. The Morgan fingerprint density at radius 3 is 2.14 bits per heavy atom. The van der Waals surface area contributed by atoms with Gasteiger partial charge in [-0.05, 0) is 102 Å². The number of halogens is 1. The molecule has 1 heterocycles. The number of hydrogen-bond acceptors (Lipinski definition) is 3. The summed E-state index contributed by atoms with van der Waals surface area (Å²) in [6, 6.07) is 29.4. The lowest BCUT2D eigenvalue weighted by atomic mass is 9.86. The van der Waals surface area contributed by atoms with Gasteiger partial charge in [0.15, 0.2) is 0 Å². The van der Waals surface area contributed by atoms with E-state index in [1.54, 1.807) is 18.2 Å². The highest BCUT2D eigenvalue weighted by atomic mass is 32.2. The Balaban J connectivity index is 1.12. The van der Waals surface area contributed by atoms with Gasteiger partial charge in [-0.2, -0.15) is 0 Å². The van der Waals surface area contributed by atoms with Crippen LogP contribution in [0.2, 0.25) is 0 Å². The molecule has 5 rings (SSSR count). The maximum absolute atomic E-state index is 14.9. The predicted octanol–water partition coefficient (Wildman–Crippen LogP) is 8.48. The molecule has 6 heteroatoms. The van der Waals surface area contributed by atoms with Crippen LogP contribution in [0.15, 0.2) is 95.9 Å². The summed E-state index contributed by atoms with van der Waals surface area (Å²) in [5.41, 5.74) is 7.22. The molecular formula is C38H45FN2O2S. The lowest BCUT2D eigenvalue weighted by Crippen LogP contribution is -2.32. The highest BCUT2D eigenvalue weighted by Crippen LogP contribution is 2.27. The van der Waals surface area contributed by atoms with Crippen molar-refractivity contribution in [3.05, 3.63) is 130 Å². The van der Waals surface area contributed by atoms with Gasteiger partial charge in [-0.25, -0.2) is 12.8 Å². The van der Waals surface area contributed by atoms with E-state index in [1.165, 1.54) is 22.8 Å². The van der Waals surface area contributed by atoms with E-state index in [9.17, 15) is 12.8 Å². The number of aryl methyl sites for hydroxylation is 2. The van der Waals surface area contributed by atoms with Crippen LogP contribution < -0.4 is 4.72 Å². The summed E-state index contributed by atoms with van der Waals surface area (Å²) < 4.78 is 43.8. The van der Waals surface area contributed by atoms with Crippen molar-refractivity contribution in [1.29, 1.82) is 0 Å².